The topological polar surface area (TPSA) is 72.8 Å². The molecule has 5 nitrogen and oxygen atoms in total. The number of carbonyl (C=O) groups excluding carboxylic acids is 2. The van der Waals surface area contributed by atoms with Crippen molar-refractivity contribution in [1.82, 2.24) is 0 Å². The van der Waals surface area contributed by atoms with Gasteiger partial charge in [-0.3, -0.25) is 9.59 Å². The van der Waals surface area contributed by atoms with Gasteiger partial charge in [-0.25, -0.2) is 0 Å². The van der Waals surface area contributed by atoms with E-state index >= 15 is 0 Å². The van der Waals surface area contributed by atoms with Gasteiger partial charge in [-0.05, 0) is 12.8 Å². The Kier molecular flexibility index (Phi) is 30.5. The number of carbonyl (C=O) groups is 2. The number of rotatable bonds is 31. The zero-order chi connectivity index (χ0) is 28.7. The van der Waals surface area contributed by atoms with Gasteiger partial charge in [-0.2, -0.15) is 0 Å². The molecule has 1 N–H and O–H groups in total. The molecule has 0 saturated carbocycles. The second kappa shape index (κ2) is 31.4. The zero-order valence-electron chi connectivity index (χ0n) is 26.2. The van der Waals surface area contributed by atoms with Crippen LogP contribution in [0.5, 0.6) is 0 Å². The van der Waals surface area contributed by atoms with Crippen LogP contribution in [0.25, 0.3) is 0 Å². The molecule has 0 fully saturated rings. The second-order valence-corrected chi connectivity index (χ2v) is 11.7. The Balaban J connectivity index is 3.40. The standard InChI is InChI=1S/C34H66O5/c1-3-5-7-9-11-13-15-16-17-19-21-23-25-27-29-34(37)39-31-32(35)30-38-33(36)28-26-24-22-20-18-14-12-10-8-6-4-2/h32,35H,3-31H2,1-2H3/t32-/m1/s1. The van der Waals surface area contributed by atoms with E-state index in [2.05, 4.69) is 13.8 Å². The third-order valence-corrected chi connectivity index (χ3v) is 7.59. The molecule has 1 atom stereocenters. The third kappa shape index (κ3) is 31.3. The van der Waals surface area contributed by atoms with E-state index in [1.54, 1.807) is 0 Å². The molecule has 0 aliphatic rings. The molecule has 0 aliphatic carbocycles. The lowest BCUT2D eigenvalue weighted by molar-refractivity contribution is -0.152. The van der Waals surface area contributed by atoms with Crippen LogP contribution in [-0.4, -0.2) is 36.4 Å². The molecule has 232 valence electrons. The average molecular weight is 555 g/mol. The number of esters is 2. The molecule has 39 heavy (non-hydrogen) atoms. The Morgan fingerprint density at radius 3 is 0.923 bits per heavy atom. The Morgan fingerprint density at radius 2 is 0.667 bits per heavy atom. The molecule has 5 heteroatoms. The van der Waals surface area contributed by atoms with Gasteiger partial charge in [-0.1, -0.05) is 162 Å². The summed E-state index contributed by atoms with van der Waals surface area (Å²) >= 11 is 0. The normalized spacial score (nSPS) is 12.0. The zero-order valence-corrected chi connectivity index (χ0v) is 26.2. The molecule has 0 aliphatic heterocycles. The van der Waals surface area contributed by atoms with Gasteiger partial charge in [0.2, 0.25) is 0 Å². The van der Waals surface area contributed by atoms with Crippen molar-refractivity contribution in [3.8, 4) is 0 Å². The first kappa shape index (κ1) is 37.9. The summed E-state index contributed by atoms with van der Waals surface area (Å²) in [5.41, 5.74) is 0. The Labute approximate surface area is 242 Å². The van der Waals surface area contributed by atoms with E-state index in [1.807, 2.05) is 0 Å². The lowest BCUT2D eigenvalue weighted by Gasteiger charge is -2.12. The van der Waals surface area contributed by atoms with E-state index in [0.717, 1.165) is 25.7 Å². The summed E-state index contributed by atoms with van der Waals surface area (Å²) in [6.07, 6.45) is 31.4. The molecule has 0 aromatic carbocycles. The third-order valence-electron chi connectivity index (χ3n) is 7.59. The summed E-state index contributed by atoms with van der Waals surface area (Å²) in [6.45, 7) is 4.30. The van der Waals surface area contributed by atoms with Crippen molar-refractivity contribution in [1.29, 1.82) is 0 Å². The van der Waals surface area contributed by atoms with Gasteiger partial charge in [0, 0.05) is 12.8 Å². The SMILES string of the molecule is CCCCCCCCCCCCCCCCC(=O)OC[C@H](O)COC(=O)CCCCCCCCCCCCC. The molecule has 0 amide bonds. The number of hydrogen-bond donors (Lipinski definition) is 1. The van der Waals surface area contributed by atoms with Gasteiger partial charge in [0.05, 0.1) is 0 Å². The monoisotopic (exact) mass is 554 g/mol. The lowest BCUT2D eigenvalue weighted by atomic mass is 10.0. The van der Waals surface area contributed by atoms with Gasteiger partial charge in [-0.15, -0.1) is 0 Å². The summed E-state index contributed by atoms with van der Waals surface area (Å²) in [5.74, 6) is -0.556. The van der Waals surface area contributed by atoms with E-state index in [1.165, 1.54) is 135 Å². The van der Waals surface area contributed by atoms with Crippen LogP contribution in [0.1, 0.15) is 187 Å². The fraction of sp³-hybridized carbons (Fsp3) is 0.941. The number of ether oxygens (including phenoxy) is 2. The number of aliphatic hydroxyl groups excluding tert-OH is 1. The molecule has 0 aromatic heterocycles. The first-order valence-electron chi connectivity index (χ1n) is 17.1. The lowest BCUT2D eigenvalue weighted by Crippen LogP contribution is -2.25. The summed E-state index contributed by atoms with van der Waals surface area (Å²) in [4.78, 5) is 23.8. The highest BCUT2D eigenvalue weighted by Crippen LogP contribution is 2.14. The Bertz CT molecular complexity index is 522. The molecular weight excluding hydrogens is 488 g/mol. The summed E-state index contributed by atoms with van der Waals surface area (Å²) in [5, 5.41) is 9.95. The molecule has 0 radical (unpaired) electrons. The van der Waals surface area contributed by atoms with Gasteiger partial charge < -0.3 is 14.6 Å². The minimum Gasteiger partial charge on any atom is -0.463 e. The fourth-order valence-corrected chi connectivity index (χ4v) is 4.97. The largest absolute Gasteiger partial charge is 0.463 e. The van der Waals surface area contributed by atoms with Crippen LogP contribution in [0.3, 0.4) is 0 Å². The minimum atomic E-state index is -0.952. The van der Waals surface area contributed by atoms with Crippen molar-refractivity contribution in [3.05, 3.63) is 0 Å². The van der Waals surface area contributed by atoms with E-state index < -0.39 is 6.10 Å². The minimum absolute atomic E-state index is 0.108. The number of hydrogen-bond acceptors (Lipinski definition) is 5. The molecule has 0 saturated heterocycles. The van der Waals surface area contributed by atoms with Crippen molar-refractivity contribution >= 4 is 11.9 Å². The summed E-state index contributed by atoms with van der Waals surface area (Å²) in [6, 6.07) is 0. The first-order chi connectivity index (χ1) is 19.1. The molecule has 0 rings (SSSR count). The maximum absolute atomic E-state index is 11.9. The van der Waals surface area contributed by atoms with Crippen LogP contribution in [0.15, 0.2) is 0 Å². The van der Waals surface area contributed by atoms with E-state index in [4.69, 9.17) is 9.47 Å². The number of aliphatic hydroxyl groups is 1. The first-order valence-corrected chi connectivity index (χ1v) is 17.1. The van der Waals surface area contributed by atoms with Gasteiger partial charge in [0.1, 0.15) is 19.3 Å². The average Bonchev–Trinajstić information content (AvgIpc) is 2.93. The highest BCUT2D eigenvalue weighted by Gasteiger charge is 2.12. The van der Waals surface area contributed by atoms with Crippen LogP contribution < -0.4 is 0 Å². The predicted octanol–water partition coefficient (Wildman–Crippen LogP) is 10.0. The van der Waals surface area contributed by atoms with Crippen LogP contribution in [0, 0.1) is 0 Å². The maximum atomic E-state index is 11.9. The molecule has 0 heterocycles. The van der Waals surface area contributed by atoms with E-state index in [9.17, 15) is 14.7 Å². The Hall–Kier alpha value is -1.10. The van der Waals surface area contributed by atoms with Crippen LogP contribution in [0.2, 0.25) is 0 Å². The molecular formula is C34H66O5. The van der Waals surface area contributed by atoms with Gasteiger partial charge >= 0.3 is 11.9 Å². The van der Waals surface area contributed by atoms with Crippen LogP contribution in [0.4, 0.5) is 0 Å². The van der Waals surface area contributed by atoms with Crippen LogP contribution in [-0.2, 0) is 19.1 Å². The molecule has 0 spiro atoms. The van der Waals surface area contributed by atoms with E-state index in [0.29, 0.717) is 12.8 Å². The van der Waals surface area contributed by atoms with Crippen molar-refractivity contribution in [2.45, 2.75) is 193 Å². The quantitative estimate of drug-likeness (QED) is 0.0681. The highest BCUT2D eigenvalue weighted by atomic mass is 16.6. The predicted molar refractivity (Wildman–Crippen MR) is 164 cm³/mol. The fourth-order valence-electron chi connectivity index (χ4n) is 4.97. The van der Waals surface area contributed by atoms with Crippen molar-refractivity contribution < 1.29 is 24.2 Å². The Morgan fingerprint density at radius 1 is 0.436 bits per heavy atom. The van der Waals surface area contributed by atoms with E-state index in [-0.39, 0.29) is 25.2 Å². The van der Waals surface area contributed by atoms with Crippen molar-refractivity contribution in [2.75, 3.05) is 13.2 Å². The summed E-state index contributed by atoms with van der Waals surface area (Å²) in [7, 11) is 0. The number of unbranched alkanes of at least 4 members (excludes halogenated alkanes) is 23. The maximum Gasteiger partial charge on any atom is 0.305 e. The molecule has 0 aromatic rings. The van der Waals surface area contributed by atoms with Crippen molar-refractivity contribution in [2.24, 2.45) is 0 Å². The smallest absolute Gasteiger partial charge is 0.305 e. The second-order valence-electron chi connectivity index (χ2n) is 11.7. The highest BCUT2D eigenvalue weighted by molar-refractivity contribution is 5.69. The molecule has 0 unspecified atom stereocenters. The van der Waals surface area contributed by atoms with Crippen LogP contribution >= 0.6 is 0 Å². The molecule has 0 bridgehead atoms. The van der Waals surface area contributed by atoms with Crippen molar-refractivity contribution in [3.63, 3.8) is 0 Å². The summed E-state index contributed by atoms with van der Waals surface area (Å²) < 4.78 is 10.3. The van der Waals surface area contributed by atoms with Gasteiger partial charge in [0.25, 0.3) is 0 Å². The van der Waals surface area contributed by atoms with Gasteiger partial charge in [0.15, 0.2) is 0 Å².